The molecular weight excluding hydrogens is 200 g/mol. The number of aliphatic hydroxyl groups excluding tert-OH is 1. The van der Waals surface area contributed by atoms with Crippen LogP contribution < -0.4 is 0 Å². The van der Waals surface area contributed by atoms with E-state index >= 15 is 0 Å². The van der Waals surface area contributed by atoms with Crippen LogP contribution in [0.2, 0.25) is 0 Å². The molecule has 90 valence electrons. The van der Waals surface area contributed by atoms with Crippen molar-refractivity contribution in [1.82, 2.24) is 0 Å². The molecule has 0 fully saturated rings. The highest BCUT2D eigenvalue weighted by atomic mass is 16.2. The number of Topliss-reactive ketones (excluding diaryl/α,β-unsaturated/α-hetero) is 1. The summed E-state index contributed by atoms with van der Waals surface area (Å²) >= 11 is 0. The van der Waals surface area contributed by atoms with E-state index in [1.54, 1.807) is 0 Å². The van der Waals surface area contributed by atoms with Crippen molar-refractivity contribution in [1.29, 1.82) is 0 Å². The zero-order valence-corrected chi connectivity index (χ0v) is 10.3. The van der Waals surface area contributed by atoms with Gasteiger partial charge in [0.05, 0.1) is 0 Å². The first-order valence-electron chi connectivity index (χ1n) is 6.03. The molecule has 0 aromatic heterocycles. The second-order valence-electron chi connectivity index (χ2n) is 3.32. The Bertz CT molecular complexity index is 267. The Kier molecular flexibility index (Phi) is 9.63. The molecule has 1 aromatic rings. The highest BCUT2D eigenvalue weighted by Gasteiger charge is 2.03. The van der Waals surface area contributed by atoms with Gasteiger partial charge in [-0.15, -0.1) is 0 Å². The first-order chi connectivity index (χ1) is 7.84. The van der Waals surface area contributed by atoms with Crippen LogP contribution in [0.15, 0.2) is 30.3 Å². The second-order valence-corrected chi connectivity index (χ2v) is 3.32. The lowest BCUT2D eigenvalue weighted by atomic mass is 10.1. The molecule has 2 nitrogen and oxygen atoms in total. The van der Waals surface area contributed by atoms with Crippen LogP contribution >= 0.6 is 0 Å². The lowest BCUT2D eigenvalue weighted by Gasteiger charge is -1.99. The van der Waals surface area contributed by atoms with E-state index in [2.05, 4.69) is 0 Å². The molecule has 1 N–H and O–H groups in total. The second kappa shape index (κ2) is 10.4. The molecule has 2 heteroatoms. The van der Waals surface area contributed by atoms with Gasteiger partial charge >= 0.3 is 0 Å². The van der Waals surface area contributed by atoms with Gasteiger partial charge in [0.2, 0.25) is 0 Å². The third-order valence-corrected chi connectivity index (χ3v) is 2.16. The van der Waals surface area contributed by atoms with Gasteiger partial charge in [-0.3, -0.25) is 4.79 Å². The van der Waals surface area contributed by atoms with Gasteiger partial charge in [0.25, 0.3) is 0 Å². The molecular formula is C14H22O2. The highest BCUT2D eigenvalue weighted by Crippen LogP contribution is 2.07. The van der Waals surface area contributed by atoms with Crippen molar-refractivity contribution in [2.75, 3.05) is 6.61 Å². The van der Waals surface area contributed by atoms with Crippen LogP contribution in [0.3, 0.4) is 0 Å². The summed E-state index contributed by atoms with van der Waals surface area (Å²) in [6, 6.07) is 9.34. The van der Waals surface area contributed by atoms with Gasteiger partial charge in [-0.25, -0.2) is 0 Å². The number of carbonyl (C=O) groups is 1. The Morgan fingerprint density at radius 1 is 1.06 bits per heavy atom. The van der Waals surface area contributed by atoms with E-state index in [1.165, 1.54) is 0 Å². The maximum absolute atomic E-state index is 11.5. The molecule has 0 amide bonds. The zero-order chi connectivity index (χ0) is 12.2. The summed E-state index contributed by atoms with van der Waals surface area (Å²) in [6.45, 7) is 4.22. The molecule has 0 spiro atoms. The SMILES string of the molecule is CC.O=C(CCCCCO)c1ccccc1. The Labute approximate surface area is 98.3 Å². The van der Waals surface area contributed by atoms with E-state index < -0.39 is 0 Å². The summed E-state index contributed by atoms with van der Waals surface area (Å²) < 4.78 is 0. The average molecular weight is 222 g/mol. The van der Waals surface area contributed by atoms with Crippen molar-refractivity contribution < 1.29 is 9.90 Å². The van der Waals surface area contributed by atoms with Gasteiger partial charge < -0.3 is 5.11 Å². The lowest BCUT2D eigenvalue weighted by Crippen LogP contribution is -1.98. The fraction of sp³-hybridized carbons (Fsp3) is 0.500. The molecule has 0 radical (unpaired) electrons. The van der Waals surface area contributed by atoms with Crippen molar-refractivity contribution in [3.05, 3.63) is 35.9 Å². The monoisotopic (exact) mass is 222 g/mol. The van der Waals surface area contributed by atoms with Gasteiger partial charge in [0, 0.05) is 18.6 Å². The Hall–Kier alpha value is -1.15. The summed E-state index contributed by atoms with van der Waals surface area (Å²) in [6.07, 6.45) is 3.18. The Morgan fingerprint density at radius 3 is 2.25 bits per heavy atom. The van der Waals surface area contributed by atoms with E-state index in [4.69, 9.17) is 5.11 Å². The summed E-state index contributed by atoms with van der Waals surface area (Å²) in [5.74, 6) is 0.198. The van der Waals surface area contributed by atoms with Crippen LogP contribution in [0.25, 0.3) is 0 Å². The van der Waals surface area contributed by atoms with Crippen LogP contribution in [0.1, 0.15) is 49.9 Å². The topological polar surface area (TPSA) is 37.3 Å². The minimum atomic E-state index is 0.198. The maximum atomic E-state index is 11.5. The Balaban J connectivity index is 0.00000106. The molecule has 0 aliphatic carbocycles. The lowest BCUT2D eigenvalue weighted by molar-refractivity contribution is 0.0978. The van der Waals surface area contributed by atoms with Crippen LogP contribution in [0.4, 0.5) is 0 Å². The van der Waals surface area contributed by atoms with Crippen molar-refractivity contribution >= 4 is 5.78 Å². The number of hydrogen-bond donors (Lipinski definition) is 1. The third kappa shape index (κ3) is 6.36. The molecule has 0 atom stereocenters. The molecule has 0 saturated heterocycles. The number of aliphatic hydroxyl groups is 1. The van der Waals surface area contributed by atoms with Gasteiger partial charge in [-0.05, 0) is 12.8 Å². The number of benzene rings is 1. The molecule has 0 saturated carbocycles. The maximum Gasteiger partial charge on any atom is 0.162 e. The van der Waals surface area contributed by atoms with Crippen molar-refractivity contribution in [2.45, 2.75) is 39.5 Å². The molecule has 0 heterocycles. The predicted octanol–water partition coefficient (Wildman–Crippen LogP) is 3.45. The highest BCUT2D eigenvalue weighted by molar-refractivity contribution is 5.95. The fourth-order valence-electron chi connectivity index (χ4n) is 1.34. The number of carbonyl (C=O) groups excluding carboxylic acids is 1. The van der Waals surface area contributed by atoms with Crippen LogP contribution in [0.5, 0.6) is 0 Å². The van der Waals surface area contributed by atoms with Crippen LogP contribution in [-0.2, 0) is 0 Å². The minimum absolute atomic E-state index is 0.198. The van der Waals surface area contributed by atoms with Gasteiger partial charge in [0.15, 0.2) is 5.78 Å². The molecule has 0 unspecified atom stereocenters. The van der Waals surface area contributed by atoms with Gasteiger partial charge in [-0.2, -0.15) is 0 Å². The number of ketones is 1. The minimum Gasteiger partial charge on any atom is -0.396 e. The molecule has 1 rings (SSSR count). The smallest absolute Gasteiger partial charge is 0.162 e. The van der Waals surface area contributed by atoms with E-state index in [0.717, 1.165) is 24.8 Å². The number of hydrogen-bond acceptors (Lipinski definition) is 2. The molecule has 16 heavy (non-hydrogen) atoms. The van der Waals surface area contributed by atoms with Crippen molar-refractivity contribution in [3.63, 3.8) is 0 Å². The largest absolute Gasteiger partial charge is 0.396 e. The van der Waals surface area contributed by atoms with E-state index in [0.29, 0.717) is 6.42 Å². The standard InChI is InChI=1S/C12H16O2.C2H6/c13-10-6-2-5-9-12(14)11-7-3-1-4-8-11;1-2/h1,3-4,7-8,13H,2,5-6,9-10H2;1-2H3. The summed E-state index contributed by atoms with van der Waals surface area (Å²) in [7, 11) is 0. The van der Waals surface area contributed by atoms with Crippen molar-refractivity contribution in [3.8, 4) is 0 Å². The quantitative estimate of drug-likeness (QED) is 0.591. The average Bonchev–Trinajstić information content (AvgIpc) is 2.38. The van der Waals surface area contributed by atoms with Gasteiger partial charge in [0.1, 0.15) is 0 Å². The third-order valence-electron chi connectivity index (χ3n) is 2.16. The first kappa shape index (κ1) is 14.8. The van der Waals surface area contributed by atoms with Gasteiger partial charge in [-0.1, -0.05) is 50.6 Å². The number of rotatable bonds is 6. The van der Waals surface area contributed by atoms with E-state index in [-0.39, 0.29) is 12.4 Å². The molecule has 0 aliphatic heterocycles. The summed E-state index contributed by atoms with van der Waals surface area (Å²) in [5, 5.41) is 8.56. The molecule has 0 aliphatic rings. The molecule has 0 bridgehead atoms. The fourth-order valence-corrected chi connectivity index (χ4v) is 1.34. The van der Waals surface area contributed by atoms with Crippen LogP contribution in [0, 0.1) is 0 Å². The van der Waals surface area contributed by atoms with Crippen molar-refractivity contribution in [2.24, 2.45) is 0 Å². The normalized spacial score (nSPS) is 9.19. The Morgan fingerprint density at radius 2 is 1.69 bits per heavy atom. The van der Waals surface area contributed by atoms with E-state index in [9.17, 15) is 4.79 Å². The zero-order valence-electron chi connectivity index (χ0n) is 10.3. The van der Waals surface area contributed by atoms with Crippen LogP contribution in [-0.4, -0.2) is 17.5 Å². The summed E-state index contributed by atoms with van der Waals surface area (Å²) in [4.78, 5) is 11.5. The first-order valence-corrected chi connectivity index (χ1v) is 6.03. The summed E-state index contributed by atoms with van der Waals surface area (Å²) in [5.41, 5.74) is 0.788. The molecule has 1 aromatic carbocycles. The number of unbranched alkanes of at least 4 members (excludes halogenated alkanes) is 2. The predicted molar refractivity (Wildman–Crippen MR) is 67.7 cm³/mol. The van der Waals surface area contributed by atoms with E-state index in [1.807, 2.05) is 44.2 Å².